The summed E-state index contributed by atoms with van der Waals surface area (Å²) in [7, 11) is 2.00. The summed E-state index contributed by atoms with van der Waals surface area (Å²) >= 11 is 0. The molecule has 0 saturated heterocycles. The van der Waals surface area contributed by atoms with Gasteiger partial charge in [0.2, 0.25) is 0 Å². The molecule has 4 nitrogen and oxygen atoms in total. The Morgan fingerprint density at radius 3 is 2.72 bits per heavy atom. The van der Waals surface area contributed by atoms with Gasteiger partial charge in [-0.15, -0.1) is 0 Å². The molecule has 2 aromatic heterocycles. The van der Waals surface area contributed by atoms with Gasteiger partial charge in [-0.25, -0.2) is 0 Å². The minimum atomic E-state index is 0.208. The molecule has 1 atom stereocenters. The SMILES string of the molecule is CC(NCCc1nn(C)c2ccccc12)c1ccc2ccccc2n1. The van der Waals surface area contributed by atoms with E-state index in [0.29, 0.717) is 0 Å². The molecular formula is C21H22N4. The van der Waals surface area contributed by atoms with Gasteiger partial charge in [-0.1, -0.05) is 42.5 Å². The van der Waals surface area contributed by atoms with Crippen LogP contribution in [0.2, 0.25) is 0 Å². The van der Waals surface area contributed by atoms with Crippen molar-refractivity contribution in [1.82, 2.24) is 20.1 Å². The molecule has 4 heteroatoms. The molecule has 0 spiro atoms. The van der Waals surface area contributed by atoms with E-state index < -0.39 is 0 Å². The van der Waals surface area contributed by atoms with Crippen LogP contribution in [0.4, 0.5) is 0 Å². The molecule has 0 aliphatic heterocycles. The highest BCUT2D eigenvalue weighted by Gasteiger charge is 2.10. The van der Waals surface area contributed by atoms with E-state index in [0.717, 1.165) is 29.9 Å². The molecule has 126 valence electrons. The summed E-state index contributed by atoms with van der Waals surface area (Å²) in [5.74, 6) is 0. The predicted molar refractivity (Wildman–Crippen MR) is 103 cm³/mol. The van der Waals surface area contributed by atoms with Gasteiger partial charge >= 0.3 is 0 Å². The van der Waals surface area contributed by atoms with Crippen molar-refractivity contribution >= 4 is 21.8 Å². The summed E-state index contributed by atoms with van der Waals surface area (Å²) in [5, 5.41) is 10.7. The van der Waals surface area contributed by atoms with Gasteiger partial charge in [-0.05, 0) is 25.1 Å². The van der Waals surface area contributed by atoms with Gasteiger partial charge in [-0.3, -0.25) is 9.67 Å². The van der Waals surface area contributed by atoms with Gasteiger partial charge in [0.05, 0.1) is 22.4 Å². The first-order valence-corrected chi connectivity index (χ1v) is 8.72. The molecule has 0 bridgehead atoms. The average Bonchev–Trinajstić information content (AvgIpc) is 2.97. The number of rotatable bonds is 5. The third-order valence-corrected chi connectivity index (χ3v) is 4.71. The Balaban J connectivity index is 1.45. The molecular weight excluding hydrogens is 308 g/mol. The topological polar surface area (TPSA) is 42.7 Å². The summed E-state index contributed by atoms with van der Waals surface area (Å²) in [4.78, 5) is 4.77. The largest absolute Gasteiger partial charge is 0.308 e. The number of nitrogens with zero attached hydrogens (tertiary/aromatic N) is 3. The smallest absolute Gasteiger partial charge is 0.0715 e. The second-order valence-corrected chi connectivity index (χ2v) is 6.44. The molecule has 1 unspecified atom stereocenters. The average molecular weight is 330 g/mol. The molecule has 2 heterocycles. The summed E-state index contributed by atoms with van der Waals surface area (Å²) in [5.41, 5.74) is 4.44. The molecule has 1 N–H and O–H groups in total. The monoisotopic (exact) mass is 330 g/mol. The number of para-hydroxylation sites is 2. The van der Waals surface area contributed by atoms with E-state index in [2.05, 4.69) is 65.9 Å². The van der Waals surface area contributed by atoms with E-state index >= 15 is 0 Å². The molecule has 2 aromatic carbocycles. The molecule has 25 heavy (non-hydrogen) atoms. The second-order valence-electron chi connectivity index (χ2n) is 6.44. The van der Waals surface area contributed by atoms with Crippen molar-refractivity contribution in [2.75, 3.05) is 6.54 Å². The van der Waals surface area contributed by atoms with Crippen LogP contribution in [-0.2, 0) is 13.5 Å². The van der Waals surface area contributed by atoms with E-state index in [4.69, 9.17) is 4.98 Å². The van der Waals surface area contributed by atoms with Crippen molar-refractivity contribution in [1.29, 1.82) is 0 Å². The lowest BCUT2D eigenvalue weighted by Crippen LogP contribution is -2.22. The van der Waals surface area contributed by atoms with Crippen LogP contribution in [-0.4, -0.2) is 21.3 Å². The summed E-state index contributed by atoms with van der Waals surface area (Å²) in [6.07, 6.45) is 0.902. The van der Waals surface area contributed by atoms with Crippen LogP contribution in [0.1, 0.15) is 24.4 Å². The highest BCUT2D eigenvalue weighted by atomic mass is 15.3. The third kappa shape index (κ3) is 3.13. The summed E-state index contributed by atoms with van der Waals surface area (Å²) in [6, 6.07) is 21.1. The van der Waals surface area contributed by atoms with Crippen LogP contribution in [0.25, 0.3) is 21.8 Å². The van der Waals surface area contributed by atoms with Gasteiger partial charge < -0.3 is 5.32 Å². The fourth-order valence-corrected chi connectivity index (χ4v) is 3.31. The molecule has 0 aliphatic rings. The Morgan fingerprint density at radius 1 is 1.00 bits per heavy atom. The molecule has 0 aliphatic carbocycles. The molecule has 0 fully saturated rings. The van der Waals surface area contributed by atoms with Crippen molar-refractivity contribution in [3.63, 3.8) is 0 Å². The number of pyridine rings is 1. The maximum absolute atomic E-state index is 4.77. The van der Waals surface area contributed by atoms with E-state index in [1.165, 1.54) is 16.3 Å². The number of aromatic nitrogens is 3. The fraction of sp³-hybridized carbons (Fsp3) is 0.238. The standard InChI is InChI=1S/C21H22N4/c1-15(18-12-11-16-7-3-5-9-19(16)23-18)22-14-13-20-17-8-4-6-10-21(17)25(2)24-20/h3-12,15,22H,13-14H2,1-2H3. The zero-order chi connectivity index (χ0) is 17.2. The zero-order valence-electron chi connectivity index (χ0n) is 14.6. The number of benzene rings is 2. The summed E-state index contributed by atoms with van der Waals surface area (Å²) < 4.78 is 1.96. The first kappa shape index (κ1) is 15.8. The Bertz CT molecular complexity index is 1020. The number of hydrogen-bond acceptors (Lipinski definition) is 3. The normalized spacial score (nSPS) is 12.7. The van der Waals surface area contributed by atoms with Gasteiger partial charge in [0, 0.05) is 36.8 Å². The lowest BCUT2D eigenvalue weighted by atomic mass is 10.1. The van der Waals surface area contributed by atoms with Crippen LogP contribution in [0.15, 0.2) is 60.7 Å². The molecule has 4 aromatic rings. The lowest BCUT2D eigenvalue weighted by Gasteiger charge is -2.13. The second kappa shape index (κ2) is 6.65. The van der Waals surface area contributed by atoms with Crippen LogP contribution < -0.4 is 5.32 Å². The van der Waals surface area contributed by atoms with Gasteiger partial charge in [0.25, 0.3) is 0 Å². The molecule has 4 rings (SSSR count). The third-order valence-electron chi connectivity index (χ3n) is 4.71. The fourth-order valence-electron chi connectivity index (χ4n) is 3.31. The highest BCUT2D eigenvalue weighted by Crippen LogP contribution is 2.19. The predicted octanol–water partition coefficient (Wildman–Crippen LogP) is 4.01. The number of nitrogens with one attached hydrogen (secondary N) is 1. The van der Waals surface area contributed by atoms with Crippen LogP contribution in [0, 0.1) is 0 Å². The van der Waals surface area contributed by atoms with Gasteiger partial charge in [0.15, 0.2) is 0 Å². The van der Waals surface area contributed by atoms with E-state index in [-0.39, 0.29) is 6.04 Å². The molecule has 0 radical (unpaired) electrons. The van der Waals surface area contributed by atoms with Crippen molar-refractivity contribution in [3.05, 3.63) is 72.1 Å². The van der Waals surface area contributed by atoms with E-state index in [1.807, 2.05) is 23.9 Å². The maximum atomic E-state index is 4.77. The number of fused-ring (bicyclic) bond motifs is 2. The first-order chi connectivity index (χ1) is 12.2. The van der Waals surface area contributed by atoms with Gasteiger partial charge in [-0.2, -0.15) is 5.10 Å². The zero-order valence-corrected chi connectivity index (χ0v) is 14.6. The van der Waals surface area contributed by atoms with Crippen molar-refractivity contribution in [2.24, 2.45) is 7.05 Å². The van der Waals surface area contributed by atoms with Crippen LogP contribution in [0.5, 0.6) is 0 Å². The first-order valence-electron chi connectivity index (χ1n) is 8.72. The van der Waals surface area contributed by atoms with E-state index in [9.17, 15) is 0 Å². The lowest BCUT2D eigenvalue weighted by molar-refractivity contribution is 0.561. The highest BCUT2D eigenvalue weighted by molar-refractivity contribution is 5.82. The Labute approximate surface area is 147 Å². The summed E-state index contributed by atoms with van der Waals surface area (Å²) in [6.45, 7) is 3.03. The van der Waals surface area contributed by atoms with Crippen molar-refractivity contribution in [2.45, 2.75) is 19.4 Å². The number of aryl methyl sites for hydroxylation is 1. The molecule has 0 saturated carbocycles. The van der Waals surface area contributed by atoms with Gasteiger partial charge in [0.1, 0.15) is 0 Å². The van der Waals surface area contributed by atoms with E-state index in [1.54, 1.807) is 0 Å². The molecule has 0 amide bonds. The van der Waals surface area contributed by atoms with Crippen molar-refractivity contribution in [3.8, 4) is 0 Å². The Morgan fingerprint density at radius 2 is 1.80 bits per heavy atom. The minimum absolute atomic E-state index is 0.208. The minimum Gasteiger partial charge on any atom is -0.308 e. The van der Waals surface area contributed by atoms with Crippen LogP contribution in [0.3, 0.4) is 0 Å². The quantitative estimate of drug-likeness (QED) is 0.601. The maximum Gasteiger partial charge on any atom is 0.0715 e. The number of hydrogen-bond donors (Lipinski definition) is 1. The van der Waals surface area contributed by atoms with Crippen LogP contribution >= 0.6 is 0 Å². The Kier molecular flexibility index (Phi) is 4.20. The Hall–Kier alpha value is -2.72. The van der Waals surface area contributed by atoms with Crippen molar-refractivity contribution < 1.29 is 0 Å².